The highest BCUT2D eigenvalue weighted by atomic mass is 31.2. The number of aldehydes is 1. The summed E-state index contributed by atoms with van der Waals surface area (Å²) in [5.74, 6) is 0.687. The van der Waals surface area contributed by atoms with Crippen LogP contribution in [0, 0.1) is 5.92 Å². The molecule has 4 unspecified atom stereocenters. The van der Waals surface area contributed by atoms with Crippen LogP contribution in [0.3, 0.4) is 0 Å². The summed E-state index contributed by atoms with van der Waals surface area (Å²) in [6, 6.07) is 10.5. The highest BCUT2D eigenvalue weighted by Crippen LogP contribution is 2.38. The predicted octanol–water partition coefficient (Wildman–Crippen LogP) is 2.61. The molecule has 4 atom stereocenters. The second-order valence-electron chi connectivity index (χ2n) is 7.71. The number of H-pyrrole nitrogens is 1. The number of nitrogens with zero attached hydrogens (tertiary/aromatic N) is 1. The van der Waals surface area contributed by atoms with Crippen molar-refractivity contribution in [2.75, 3.05) is 34.0 Å². The van der Waals surface area contributed by atoms with Gasteiger partial charge in [-0.2, -0.15) is 0 Å². The highest BCUT2D eigenvalue weighted by molar-refractivity contribution is 7.45. The lowest BCUT2D eigenvalue weighted by Crippen LogP contribution is -2.33. The molecule has 12 heteroatoms. The number of aliphatic hydroxyl groups excluding tert-OH is 1. The lowest BCUT2D eigenvalue weighted by Gasteiger charge is -2.20. The van der Waals surface area contributed by atoms with Crippen LogP contribution >= 0.6 is 8.53 Å². The van der Waals surface area contributed by atoms with Gasteiger partial charge in [-0.25, -0.2) is 9.88 Å². The van der Waals surface area contributed by atoms with Gasteiger partial charge < -0.3 is 28.4 Å². The molecule has 1 saturated heterocycles. The first-order valence-corrected chi connectivity index (χ1v) is 12.9. The second kappa shape index (κ2) is 18.8. The van der Waals surface area contributed by atoms with Gasteiger partial charge in [0.15, 0.2) is 0 Å². The average molecular weight is 528 g/mol. The molecule has 1 aliphatic heterocycles. The van der Waals surface area contributed by atoms with Crippen LogP contribution in [0.5, 0.6) is 5.75 Å². The molecule has 36 heavy (non-hydrogen) atoms. The van der Waals surface area contributed by atoms with Gasteiger partial charge in [-0.05, 0) is 25.0 Å². The van der Waals surface area contributed by atoms with E-state index in [0.29, 0.717) is 12.2 Å². The second-order valence-corrected chi connectivity index (χ2v) is 8.98. The smallest absolute Gasteiger partial charge is 0.330 e. The summed E-state index contributed by atoms with van der Waals surface area (Å²) in [5, 5.41) is 9.91. The fourth-order valence-electron chi connectivity index (χ4n) is 3.23. The van der Waals surface area contributed by atoms with Crippen molar-refractivity contribution in [3.8, 4) is 5.75 Å². The summed E-state index contributed by atoms with van der Waals surface area (Å²) >= 11 is 0. The van der Waals surface area contributed by atoms with Crippen molar-refractivity contribution in [3.63, 3.8) is 0 Å². The number of nitrogens with one attached hydrogen (secondary N) is 2. The Bertz CT molecular complexity index is 952. The molecule has 1 aromatic heterocycles. The van der Waals surface area contributed by atoms with E-state index in [4.69, 9.17) is 23.6 Å². The van der Waals surface area contributed by atoms with Crippen molar-refractivity contribution in [1.29, 1.82) is 0 Å². The minimum absolute atomic E-state index is 0.0569. The molecule has 0 saturated carbocycles. The lowest BCUT2D eigenvalue weighted by molar-refractivity contribution is -0.106. The number of aromatic nitrogens is 2. The van der Waals surface area contributed by atoms with E-state index >= 15 is 0 Å². The average Bonchev–Trinajstić information content (AvgIpc) is 3.26. The van der Waals surface area contributed by atoms with Crippen molar-refractivity contribution >= 4 is 14.8 Å². The first-order valence-electron chi connectivity index (χ1n) is 11.7. The van der Waals surface area contributed by atoms with Crippen LogP contribution in [-0.4, -0.2) is 61.0 Å². The molecule has 0 aliphatic carbocycles. The summed E-state index contributed by atoms with van der Waals surface area (Å²) in [6.07, 6.45) is 4.54. The summed E-state index contributed by atoms with van der Waals surface area (Å²) in [4.78, 5) is 36.2. The molecule has 2 aromatic rings. The number of aromatic amines is 1. The van der Waals surface area contributed by atoms with Gasteiger partial charge in [0.1, 0.15) is 18.3 Å². The molecular formula is C24H38N3O8P. The Kier molecular flexibility index (Phi) is 16.5. The topological polar surface area (TPSA) is 141 Å². The third-order valence-electron chi connectivity index (χ3n) is 4.89. The zero-order valence-corrected chi connectivity index (χ0v) is 22.2. The summed E-state index contributed by atoms with van der Waals surface area (Å²) in [6.45, 7) is 5.38. The number of benzene rings is 1. The number of carbonyl (C=O) groups is 1. The Hall–Kier alpha value is -2.40. The number of ether oxygens (including phenoxy) is 2. The summed E-state index contributed by atoms with van der Waals surface area (Å²) in [5.41, 5.74) is -0.954. The molecule has 2 heterocycles. The first-order chi connectivity index (χ1) is 17.5. The van der Waals surface area contributed by atoms with Crippen LogP contribution in [0.2, 0.25) is 0 Å². The maximum absolute atomic E-state index is 12.0. The molecule has 0 bridgehead atoms. The van der Waals surface area contributed by atoms with E-state index in [1.165, 1.54) is 29.7 Å². The van der Waals surface area contributed by atoms with Crippen LogP contribution < -0.4 is 20.9 Å². The van der Waals surface area contributed by atoms with Gasteiger partial charge in [0.05, 0.1) is 19.3 Å². The fraction of sp³-hybridized carbons (Fsp3) is 0.542. The van der Waals surface area contributed by atoms with Crippen molar-refractivity contribution in [1.82, 2.24) is 14.6 Å². The van der Waals surface area contributed by atoms with Gasteiger partial charge in [0.25, 0.3) is 5.56 Å². The Morgan fingerprint density at radius 1 is 1.25 bits per heavy atom. The standard InChI is InChI=1S/C18H22N3O6P.C5H12O.CH4O/c1-13-11-15(26-17(13)21-9-7-16(23)20-18(21)24)12-25-28(19-8-10-22)27-14-5-3-2-4-6-14;1-3-4-5-6-2;1-2/h2-7,9-10,13,15,17,19H,8,11-12H2,1H3,(H,20,23,24);3-5H2,1-2H3;2H,1H3. The van der Waals surface area contributed by atoms with Gasteiger partial charge in [0.2, 0.25) is 0 Å². The SMILES string of the molecule is CC1CC(COP(NCC=O)Oc2ccccc2)OC1n1ccc(=O)[nH]c1=O.CCCCOC.CO. The quantitative estimate of drug-likeness (QED) is 0.216. The monoisotopic (exact) mass is 527 g/mol. The van der Waals surface area contributed by atoms with E-state index in [-0.39, 0.29) is 25.2 Å². The van der Waals surface area contributed by atoms with Crippen LogP contribution in [0.4, 0.5) is 0 Å². The predicted molar refractivity (Wildman–Crippen MR) is 138 cm³/mol. The molecule has 3 N–H and O–H groups in total. The van der Waals surface area contributed by atoms with Gasteiger partial charge >= 0.3 is 14.2 Å². The Balaban J connectivity index is 0.000000710. The van der Waals surface area contributed by atoms with Crippen molar-refractivity contribution < 1.29 is 28.4 Å². The molecule has 1 aromatic carbocycles. The van der Waals surface area contributed by atoms with E-state index in [1.807, 2.05) is 25.1 Å². The molecule has 1 aliphatic rings. The number of hydrogen-bond acceptors (Lipinski definition) is 9. The lowest BCUT2D eigenvalue weighted by atomic mass is 10.1. The number of methoxy groups -OCH3 is 1. The van der Waals surface area contributed by atoms with Gasteiger partial charge in [-0.15, -0.1) is 0 Å². The number of aliphatic hydroxyl groups is 1. The largest absolute Gasteiger partial charge is 0.436 e. The van der Waals surface area contributed by atoms with Gasteiger partial charge in [0, 0.05) is 39.0 Å². The van der Waals surface area contributed by atoms with Crippen LogP contribution in [0.15, 0.2) is 52.2 Å². The normalized spacial score (nSPS) is 19.3. The number of unbranched alkanes of at least 4 members (excludes halogenated alkanes) is 1. The van der Waals surface area contributed by atoms with Crippen molar-refractivity contribution in [2.45, 2.75) is 45.4 Å². The van der Waals surface area contributed by atoms with Crippen molar-refractivity contribution in [3.05, 3.63) is 63.4 Å². The molecule has 0 spiro atoms. The van der Waals surface area contributed by atoms with Crippen LogP contribution in [0.1, 0.15) is 39.3 Å². The molecule has 0 radical (unpaired) electrons. The van der Waals surface area contributed by atoms with Crippen molar-refractivity contribution in [2.24, 2.45) is 5.92 Å². The van der Waals surface area contributed by atoms with E-state index < -0.39 is 26.0 Å². The van der Waals surface area contributed by atoms with E-state index in [1.54, 1.807) is 19.2 Å². The zero-order valence-electron chi connectivity index (χ0n) is 21.3. The highest BCUT2D eigenvalue weighted by Gasteiger charge is 2.34. The first kappa shape index (κ1) is 31.6. The number of rotatable bonds is 12. The molecule has 0 amide bonds. The summed E-state index contributed by atoms with van der Waals surface area (Å²) in [7, 11) is 1.20. The molecule has 3 rings (SSSR count). The fourth-order valence-corrected chi connectivity index (χ4v) is 4.27. The number of carbonyl (C=O) groups excluding carboxylic acids is 1. The van der Waals surface area contributed by atoms with Crippen LogP contribution in [-0.2, 0) is 18.8 Å². The van der Waals surface area contributed by atoms with Gasteiger partial charge in [-0.3, -0.25) is 14.3 Å². The minimum atomic E-state index is -1.53. The third-order valence-corrected chi connectivity index (χ3v) is 6.09. The number of hydrogen-bond donors (Lipinski definition) is 3. The molecular weight excluding hydrogens is 489 g/mol. The molecule has 202 valence electrons. The molecule has 1 fully saturated rings. The zero-order chi connectivity index (χ0) is 26.8. The van der Waals surface area contributed by atoms with Gasteiger partial charge in [-0.1, -0.05) is 38.5 Å². The van der Waals surface area contributed by atoms with Crippen LogP contribution in [0.25, 0.3) is 0 Å². The third kappa shape index (κ3) is 11.6. The Morgan fingerprint density at radius 3 is 2.56 bits per heavy atom. The van der Waals surface area contributed by atoms with E-state index in [2.05, 4.69) is 17.0 Å². The summed E-state index contributed by atoms with van der Waals surface area (Å²) < 4.78 is 23.7. The number of para-hydroxylation sites is 1. The van der Waals surface area contributed by atoms with E-state index in [0.717, 1.165) is 20.0 Å². The van der Waals surface area contributed by atoms with E-state index in [9.17, 15) is 14.4 Å². The minimum Gasteiger partial charge on any atom is -0.436 e. The maximum atomic E-state index is 12.0. The molecule has 11 nitrogen and oxygen atoms in total. The Labute approximate surface area is 212 Å². The maximum Gasteiger partial charge on any atom is 0.330 e. The Morgan fingerprint density at radius 2 is 1.97 bits per heavy atom.